The fourth-order valence-electron chi connectivity index (χ4n) is 2.19. The van der Waals surface area contributed by atoms with Gasteiger partial charge in [-0.3, -0.25) is 4.90 Å². The van der Waals surface area contributed by atoms with E-state index in [1.165, 1.54) is 5.56 Å². The minimum absolute atomic E-state index is 0.184. The molecular weight excluding hydrogens is 200 g/mol. The Kier molecular flexibility index (Phi) is 3.17. The minimum Gasteiger partial charge on any atom is -0.508 e. The first-order chi connectivity index (χ1) is 7.58. The van der Waals surface area contributed by atoms with Gasteiger partial charge in [0.15, 0.2) is 0 Å². The Balaban J connectivity index is 2.08. The van der Waals surface area contributed by atoms with Crippen molar-refractivity contribution >= 4 is 0 Å². The molecule has 1 fully saturated rings. The maximum atomic E-state index is 9.44. The molecule has 2 N–H and O–H groups in total. The van der Waals surface area contributed by atoms with E-state index in [0.29, 0.717) is 5.75 Å². The first kappa shape index (κ1) is 11.4. The summed E-state index contributed by atoms with van der Waals surface area (Å²) >= 11 is 0. The average molecular weight is 220 g/mol. The normalized spacial score (nSPS) is 20.9. The largest absolute Gasteiger partial charge is 0.508 e. The van der Waals surface area contributed by atoms with Crippen LogP contribution < -0.4 is 5.32 Å². The maximum Gasteiger partial charge on any atom is 0.115 e. The van der Waals surface area contributed by atoms with Crippen LogP contribution in [0.25, 0.3) is 0 Å². The molecule has 0 aliphatic carbocycles. The summed E-state index contributed by atoms with van der Waals surface area (Å²) in [5.41, 5.74) is 1.36. The molecule has 1 heterocycles. The summed E-state index contributed by atoms with van der Waals surface area (Å²) in [6, 6.07) is 7.53. The monoisotopic (exact) mass is 220 g/mol. The van der Waals surface area contributed by atoms with Crippen LogP contribution in [0.3, 0.4) is 0 Å². The highest BCUT2D eigenvalue weighted by Crippen LogP contribution is 2.20. The molecule has 3 heteroatoms. The number of nitrogens with one attached hydrogen (secondary N) is 1. The SMILES string of the molecule is CC1(C)CNCCN1Cc1cccc(O)c1. The third-order valence-electron chi connectivity index (χ3n) is 3.26. The van der Waals surface area contributed by atoms with Crippen LogP contribution in [-0.2, 0) is 6.54 Å². The zero-order valence-electron chi connectivity index (χ0n) is 10.0. The first-order valence-electron chi connectivity index (χ1n) is 5.82. The van der Waals surface area contributed by atoms with Gasteiger partial charge >= 0.3 is 0 Å². The van der Waals surface area contributed by atoms with Crippen molar-refractivity contribution in [3.8, 4) is 5.75 Å². The van der Waals surface area contributed by atoms with E-state index in [9.17, 15) is 5.11 Å². The summed E-state index contributed by atoms with van der Waals surface area (Å²) in [5, 5.41) is 12.9. The summed E-state index contributed by atoms with van der Waals surface area (Å²) < 4.78 is 0. The van der Waals surface area contributed by atoms with Gasteiger partial charge in [0.25, 0.3) is 0 Å². The highest BCUT2D eigenvalue weighted by atomic mass is 16.3. The van der Waals surface area contributed by atoms with Gasteiger partial charge in [-0.2, -0.15) is 0 Å². The topological polar surface area (TPSA) is 35.5 Å². The van der Waals surface area contributed by atoms with Crippen LogP contribution in [0.15, 0.2) is 24.3 Å². The molecule has 0 saturated carbocycles. The molecular formula is C13H20N2O. The zero-order valence-corrected chi connectivity index (χ0v) is 10.0. The molecule has 88 valence electrons. The number of hydrogen-bond acceptors (Lipinski definition) is 3. The molecule has 0 unspecified atom stereocenters. The summed E-state index contributed by atoms with van der Waals surface area (Å²) in [6.45, 7) is 8.53. The van der Waals surface area contributed by atoms with Gasteiger partial charge in [-0.15, -0.1) is 0 Å². The van der Waals surface area contributed by atoms with Crippen molar-refractivity contribution in [1.29, 1.82) is 0 Å². The van der Waals surface area contributed by atoms with Gasteiger partial charge in [0, 0.05) is 31.7 Å². The Morgan fingerprint density at radius 1 is 1.44 bits per heavy atom. The third kappa shape index (κ3) is 2.54. The van der Waals surface area contributed by atoms with Crippen molar-refractivity contribution in [1.82, 2.24) is 10.2 Å². The molecule has 1 aliphatic rings. The van der Waals surface area contributed by atoms with Crippen molar-refractivity contribution in [2.75, 3.05) is 19.6 Å². The van der Waals surface area contributed by atoms with Crippen LogP contribution in [0.1, 0.15) is 19.4 Å². The molecule has 0 aromatic heterocycles. The molecule has 2 rings (SSSR count). The highest BCUT2D eigenvalue weighted by Gasteiger charge is 2.29. The molecule has 16 heavy (non-hydrogen) atoms. The second-order valence-corrected chi connectivity index (χ2v) is 5.08. The Morgan fingerprint density at radius 2 is 2.25 bits per heavy atom. The van der Waals surface area contributed by atoms with Gasteiger partial charge in [-0.25, -0.2) is 0 Å². The molecule has 1 saturated heterocycles. The van der Waals surface area contributed by atoms with E-state index in [0.717, 1.165) is 26.2 Å². The smallest absolute Gasteiger partial charge is 0.115 e. The molecule has 1 aliphatic heterocycles. The molecule has 0 atom stereocenters. The van der Waals surface area contributed by atoms with E-state index in [2.05, 4.69) is 30.1 Å². The van der Waals surface area contributed by atoms with Crippen LogP contribution >= 0.6 is 0 Å². The Labute approximate surface area is 97.1 Å². The average Bonchev–Trinajstić information content (AvgIpc) is 2.21. The lowest BCUT2D eigenvalue weighted by Crippen LogP contribution is -2.57. The van der Waals surface area contributed by atoms with E-state index < -0.39 is 0 Å². The second kappa shape index (κ2) is 4.44. The Morgan fingerprint density at radius 3 is 2.94 bits per heavy atom. The predicted molar refractivity (Wildman–Crippen MR) is 65.5 cm³/mol. The van der Waals surface area contributed by atoms with E-state index in [-0.39, 0.29) is 5.54 Å². The number of phenolic OH excluding ortho intramolecular Hbond substituents is 1. The van der Waals surface area contributed by atoms with Crippen molar-refractivity contribution in [2.24, 2.45) is 0 Å². The van der Waals surface area contributed by atoms with Crippen molar-refractivity contribution in [2.45, 2.75) is 25.9 Å². The zero-order chi connectivity index (χ0) is 11.6. The summed E-state index contributed by atoms with van der Waals surface area (Å²) in [5.74, 6) is 0.352. The first-order valence-corrected chi connectivity index (χ1v) is 5.82. The quantitative estimate of drug-likeness (QED) is 0.794. The second-order valence-electron chi connectivity index (χ2n) is 5.08. The number of nitrogens with zero attached hydrogens (tertiary/aromatic N) is 1. The van der Waals surface area contributed by atoms with Gasteiger partial charge in [0.2, 0.25) is 0 Å². The number of aromatic hydroxyl groups is 1. The van der Waals surface area contributed by atoms with E-state index >= 15 is 0 Å². The lowest BCUT2D eigenvalue weighted by molar-refractivity contribution is 0.0827. The predicted octanol–water partition coefficient (Wildman–Crippen LogP) is 1.58. The van der Waals surface area contributed by atoms with E-state index in [1.54, 1.807) is 6.07 Å². The third-order valence-corrected chi connectivity index (χ3v) is 3.26. The van der Waals surface area contributed by atoms with Gasteiger partial charge in [0.1, 0.15) is 5.75 Å². The molecule has 0 radical (unpaired) electrons. The fourth-order valence-corrected chi connectivity index (χ4v) is 2.19. The molecule has 1 aromatic carbocycles. The van der Waals surface area contributed by atoms with Crippen molar-refractivity contribution in [3.05, 3.63) is 29.8 Å². The maximum absolute atomic E-state index is 9.44. The summed E-state index contributed by atoms with van der Waals surface area (Å²) in [7, 11) is 0. The lowest BCUT2D eigenvalue weighted by Gasteiger charge is -2.42. The van der Waals surface area contributed by atoms with Gasteiger partial charge in [0.05, 0.1) is 0 Å². The Bertz CT molecular complexity index is 363. The van der Waals surface area contributed by atoms with Gasteiger partial charge < -0.3 is 10.4 Å². The van der Waals surface area contributed by atoms with E-state index in [1.807, 2.05) is 12.1 Å². The minimum atomic E-state index is 0.184. The van der Waals surface area contributed by atoms with Crippen LogP contribution in [0, 0.1) is 0 Å². The van der Waals surface area contributed by atoms with Crippen molar-refractivity contribution in [3.63, 3.8) is 0 Å². The van der Waals surface area contributed by atoms with Gasteiger partial charge in [-0.05, 0) is 31.5 Å². The van der Waals surface area contributed by atoms with Crippen LogP contribution in [0.5, 0.6) is 5.75 Å². The van der Waals surface area contributed by atoms with E-state index in [4.69, 9.17) is 0 Å². The Hall–Kier alpha value is -1.06. The molecule has 0 bridgehead atoms. The molecule has 1 aromatic rings. The number of rotatable bonds is 2. The summed E-state index contributed by atoms with van der Waals surface area (Å²) in [6.07, 6.45) is 0. The standard InChI is InChI=1S/C13H20N2O/c1-13(2)10-14-6-7-15(13)9-11-4-3-5-12(16)8-11/h3-5,8,14,16H,6-7,9-10H2,1-2H3. The number of benzene rings is 1. The number of hydrogen-bond donors (Lipinski definition) is 2. The summed E-state index contributed by atoms with van der Waals surface area (Å²) in [4.78, 5) is 2.46. The molecule has 3 nitrogen and oxygen atoms in total. The van der Waals surface area contributed by atoms with Crippen molar-refractivity contribution < 1.29 is 5.11 Å². The van der Waals surface area contributed by atoms with Crippen LogP contribution in [0.2, 0.25) is 0 Å². The highest BCUT2D eigenvalue weighted by molar-refractivity contribution is 5.27. The lowest BCUT2D eigenvalue weighted by atomic mass is 9.99. The van der Waals surface area contributed by atoms with Crippen LogP contribution in [0.4, 0.5) is 0 Å². The molecule has 0 spiro atoms. The number of piperazine rings is 1. The number of phenols is 1. The molecule has 0 amide bonds. The fraction of sp³-hybridized carbons (Fsp3) is 0.538. The van der Waals surface area contributed by atoms with Gasteiger partial charge in [-0.1, -0.05) is 12.1 Å². The van der Waals surface area contributed by atoms with Crippen LogP contribution in [-0.4, -0.2) is 35.2 Å².